The Balaban J connectivity index is 2.11. The minimum Gasteiger partial charge on any atom is -0.393 e. The lowest BCUT2D eigenvalue weighted by Gasteiger charge is -2.19. The normalized spacial score (nSPS) is 28.7. The van der Waals surface area contributed by atoms with Crippen molar-refractivity contribution in [3.8, 4) is 0 Å². The average Bonchev–Trinajstić information content (AvgIpc) is 2.69. The zero-order chi connectivity index (χ0) is 11.8. The Morgan fingerprint density at radius 3 is 2.82 bits per heavy atom. The van der Waals surface area contributed by atoms with E-state index in [2.05, 4.69) is 36.2 Å². The zero-order valence-corrected chi connectivity index (χ0v) is 10.0. The van der Waals surface area contributed by atoms with Gasteiger partial charge in [-0.05, 0) is 42.4 Å². The number of pyridine rings is 1. The highest BCUT2D eigenvalue weighted by Crippen LogP contribution is 2.41. The van der Waals surface area contributed by atoms with Gasteiger partial charge in [-0.15, -0.1) is 0 Å². The summed E-state index contributed by atoms with van der Waals surface area (Å²) in [6, 6.07) is 10.4. The van der Waals surface area contributed by atoms with E-state index >= 15 is 0 Å². The molecule has 0 bridgehead atoms. The molecule has 0 aliphatic heterocycles. The quantitative estimate of drug-likeness (QED) is 0.812. The molecule has 1 N–H and O–H groups in total. The Kier molecular flexibility index (Phi) is 2.60. The Hall–Kier alpha value is -1.41. The molecule has 2 nitrogen and oxygen atoms in total. The van der Waals surface area contributed by atoms with E-state index in [0.717, 1.165) is 18.4 Å². The van der Waals surface area contributed by atoms with Gasteiger partial charge < -0.3 is 5.11 Å². The molecule has 0 spiro atoms. The lowest BCUT2D eigenvalue weighted by molar-refractivity contribution is 0.137. The van der Waals surface area contributed by atoms with Crippen LogP contribution in [-0.2, 0) is 0 Å². The average molecular weight is 227 g/mol. The third kappa shape index (κ3) is 1.73. The molecule has 3 unspecified atom stereocenters. The highest BCUT2D eigenvalue weighted by atomic mass is 16.3. The lowest BCUT2D eigenvalue weighted by atomic mass is 9.87. The number of rotatable bonds is 1. The number of aliphatic hydroxyl groups excluding tert-OH is 1. The summed E-state index contributed by atoms with van der Waals surface area (Å²) in [6.45, 7) is 2.15. The summed E-state index contributed by atoms with van der Waals surface area (Å²) in [5.74, 6) is 0.818. The van der Waals surface area contributed by atoms with Crippen LogP contribution in [0.3, 0.4) is 0 Å². The summed E-state index contributed by atoms with van der Waals surface area (Å²) >= 11 is 0. The molecule has 1 fully saturated rings. The van der Waals surface area contributed by atoms with Gasteiger partial charge in [0.1, 0.15) is 0 Å². The van der Waals surface area contributed by atoms with Crippen molar-refractivity contribution in [3.05, 3.63) is 42.1 Å². The summed E-state index contributed by atoms with van der Waals surface area (Å²) in [6.07, 6.45) is 3.68. The third-order valence-electron chi connectivity index (χ3n) is 4.09. The van der Waals surface area contributed by atoms with Gasteiger partial charge in [0.15, 0.2) is 0 Å². The highest BCUT2D eigenvalue weighted by Gasteiger charge is 2.33. The second kappa shape index (κ2) is 4.11. The lowest BCUT2D eigenvalue weighted by Crippen LogP contribution is -2.14. The van der Waals surface area contributed by atoms with Crippen LogP contribution in [0.4, 0.5) is 0 Å². The topological polar surface area (TPSA) is 33.1 Å². The van der Waals surface area contributed by atoms with Crippen molar-refractivity contribution in [2.75, 3.05) is 0 Å². The smallest absolute Gasteiger partial charge is 0.0704 e. The van der Waals surface area contributed by atoms with Crippen molar-refractivity contribution in [3.63, 3.8) is 0 Å². The maximum Gasteiger partial charge on any atom is 0.0704 e. The first kappa shape index (κ1) is 10.7. The first-order valence-corrected chi connectivity index (χ1v) is 6.29. The zero-order valence-electron chi connectivity index (χ0n) is 10.0. The fourth-order valence-electron chi connectivity index (χ4n) is 3.03. The molecule has 1 heterocycles. The van der Waals surface area contributed by atoms with E-state index in [0.29, 0.717) is 11.8 Å². The van der Waals surface area contributed by atoms with Gasteiger partial charge in [-0.1, -0.05) is 25.1 Å². The SMILES string of the molecule is CC1C(O)CCC1c1cccc2ncccc12. The van der Waals surface area contributed by atoms with Crippen molar-refractivity contribution < 1.29 is 5.11 Å². The molecule has 0 radical (unpaired) electrons. The molecular weight excluding hydrogens is 210 g/mol. The minimum absolute atomic E-state index is 0.146. The van der Waals surface area contributed by atoms with Crippen molar-refractivity contribution in [1.29, 1.82) is 0 Å². The van der Waals surface area contributed by atoms with Crippen LogP contribution in [-0.4, -0.2) is 16.2 Å². The number of aliphatic hydroxyl groups is 1. The maximum absolute atomic E-state index is 9.89. The van der Waals surface area contributed by atoms with Gasteiger partial charge in [-0.3, -0.25) is 4.98 Å². The Morgan fingerprint density at radius 2 is 2.06 bits per heavy atom. The molecule has 0 saturated heterocycles. The molecule has 1 aromatic carbocycles. The van der Waals surface area contributed by atoms with Crippen LogP contribution in [0.15, 0.2) is 36.5 Å². The molecule has 3 atom stereocenters. The van der Waals surface area contributed by atoms with E-state index in [9.17, 15) is 5.11 Å². The Bertz CT molecular complexity index is 532. The standard InChI is InChI=1S/C15H17NO/c1-10-11(7-8-15(10)17)12-4-2-6-14-13(12)5-3-9-16-14/h2-6,9-11,15,17H,7-8H2,1H3. The second-order valence-corrected chi connectivity index (χ2v) is 5.03. The second-order valence-electron chi connectivity index (χ2n) is 5.03. The van der Waals surface area contributed by atoms with Crippen LogP contribution in [0.5, 0.6) is 0 Å². The van der Waals surface area contributed by atoms with Crippen LogP contribution in [0.25, 0.3) is 10.9 Å². The molecular formula is C15H17NO. The van der Waals surface area contributed by atoms with Crippen molar-refractivity contribution in [2.24, 2.45) is 5.92 Å². The molecule has 2 heteroatoms. The summed E-state index contributed by atoms with van der Waals surface area (Å²) in [5, 5.41) is 11.1. The first-order valence-electron chi connectivity index (χ1n) is 6.29. The highest BCUT2D eigenvalue weighted by molar-refractivity contribution is 5.82. The first-order chi connectivity index (χ1) is 8.27. The predicted molar refractivity (Wildman–Crippen MR) is 68.9 cm³/mol. The van der Waals surface area contributed by atoms with E-state index in [1.165, 1.54) is 10.9 Å². The van der Waals surface area contributed by atoms with E-state index < -0.39 is 0 Å². The van der Waals surface area contributed by atoms with Crippen LogP contribution >= 0.6 is 0 Å². The molecule has 88 valence electrons. The number of hydrogen-bond acceptors (Lipinski definition) is 2. The summed E-state index contributed by atoms with van der Waals surface area (Å²) in [5.41, 5.74) is 2.40. The molecule has 17 heavy (non-hydrogen) atoms. The number of fused-ring (bicyclic) bond motifs is 1. The van der Waals surface area contributed by atoms with Crippen LogP contribution in [0.2, 0.25) is 0 Å². The molecule has 1 aromatic heterocycles. The summed E-state index contributed by atoms with van der Waals surface area (Å²) in [4.78, 5) is 4.39. The molecule has 1 aliphatic carbocycles. The van der Waals surface area contributed by atoms with Gasteiger partial charge in [-0.2, -0.15) is 0 Å². The van der Waals surface area contributed by atoms with Crippen molar-refractivity contribution >= 4 is 10.9 Å². The van der Waals surface area contributed by atoms with Gasteiger partial charge in [-0.25, -0.2) is 0 Å². The van der Waals surface area contributed by atoms with E-state index in [4.69, 9.17) is 0 Å². The van der Waals surface area contributed by atoms with Gasteiger partial charge >= 0.3 is 0 Å². The van der Waals surface area contributed by atoms with E-state index in [1.807, 2.05) is 12.3 Å². The molecule has 0 amide bonds. The molecule has 1 saturated carbocycles. The molecule has 1 aliphatic rings. The van der Waals surface area contributed by atoms with Gasteiger partial charge in [0.2, 0.25) is 0 Å². The van der Waals surface area contributed by atoms with Crippen LogP contribution in [0, 0.1) is 5.92 Å². The summed E-state index contributed by atoms with van der Waals surface area (Å²) in [7, 11) is 0. The third-order valence-corrected chi connectivity index (χ3v) is 4.09. The van der Waals surface area contributed by atoms with Gasteiger partial charge in [0, 0.05) is 11.6 Å². The Morgan fingerprint density at radius 1 is 1.18 bits per heavy atom. The monoisotopic (exact) mass is 227 g/mol. The predicted octanol–water partition coefficient (Wildman–Crippen LogP) is 3.11. The maximum atomic E-state index is 9.89. The van der Waals surface area contributed by atoms with Gasteiger partial charge in [0.05, 0.1) is 11.6 Å². The minimum atomic E-state index is -0.146. The molecule has 3 rings (SSSR count). The Labute approximate surface area is 101 Å². The van der Waals surface area contributed by atoms with Crippen molar-refractivity contribution in [2.45, 2.75) is 31.8 Å². The largest absolute Gasteiger partial charge is 0.393 e. The van der Waals surface area contributed by atoms with Crippen LogP contribution < -0.4 is 0 Å². The number of benzene rings is 1. The van der Waals surface area contributed by atoms with E-state index in [-0.39, 0.29) is 6.10 Å². The number of aromatic nitrogens is 1. The fourth-order valence-corrected chi connectivity index (χ4v) is 3.03. The fraction of sp³-hybridized carbons (Fsp3) is 0.400. The van der Waals surface area contributed by atoms with Crippen LogP contribution in [0.1, 0.15) is 31.2 Å². The number of nitrogens with zero attached hydrogens (tertiary/aromatic N) is 1. The number of hydrogen-bond donors (Lipinski definition) is 1. The van der Waals surface area contributed by atoms with Gasteiger partial charge in [0.25, 0.3) is 0 Å². The van der Waals surface area contributed by atoms with E-state index in [1.54, 1.807) is 0 Å². The molecule has 2 aromatic rings. The summed E-state index contributed by atoms with van der Waals surface area (Å²) < 4.78 is 0. The van der Waals surface area contributed by atoms with Crippen molar-refractivity contribution in [1.82, 2.24) is 4.98 Å².